The third-order valence-corrected chi connectivity index (χ3v) is 1.63. The first kappa shape index (κ1) is 15.2. The Balaban J connectivity index is 0.000000351. The predicted molar refractivity (Wildman–Crippen MR) is 64.4 cm³/mol. The van der Waals surface area contributed by atoms with Crippen molar-refractivity contribution >= 4 is 17.6 Å². The lowest BCUT2D eigenvalue weighted by molar-refractivity contribution is -0.136. The number of carboxylic acids is 2. The van der Waals surface area contributed by atoms with Crippen molar-refractivity contribution in [2.24, 2.45) is 0 Å². The van der Waals surface area contributed by atoms with Gasteiger partial charge in [0.25, 0.3) is 0 Å². The van der Waals surface area contributed by atoms with E-state index in [-0.39, 0.29) is 0 Å². The molecule has 6 nitrogen and oxygen atoms in total. The number of nitrogen functional groups attached to an aromatic ring is 1. The van der Waals surface area contributed by atoms with Crippen LogP contribution < -0.4 is 5.73 Å². The fraction of sp³-hybridized carbons (Fsp3) is 0.0833. The Labute approximate surface area is 104 Å². The molecule has 0 aromatic heterocycles. The summed E-state index contributed by atoms with van der Waals surface area (Å²) < 4.78 is 0. The molecule has 18 heavy (non-hydrogen) atoms. The van der Waals surface area contributed by atoms with Gasteiger partial charge in [-0.1, -0.05) is 18.2 Å². The molecule has 0 aliphatic heterocycles. The maximum absolute atomic E-state index is 10.1. The highest BCUT2D eigenvalue weighted by Crippen LogP contribution is 1.96. The first-order chi connectivity index (χ1) is 8.47. The fourth-order valence-corrected chi connectivity index (χ4v) is 0.823. The summed E-state index contributed by atoms with van der Waals surface area (Å²) in [6.45, 7) is 0. The molecular formula is C12H12N2O4. The molecule has 6 heteroatoms. The van der Waals surface area contributed by atoms with Gasteiger partial charge < -0.3 is 15.9 Å². The van der Waals surface area contributed by atoms with Crippen molar-refractivity contribution in [1.82, 2.24) is 0 Å². The van der Waals surface area contributed by atoms with Gasteiger partial charge in [0.1, 0.15) is 11.6 Å². The van der Waals surface area contributed by atoms with Crippen molar-refractivity contribution in [2.75, 3.05) is 5.73 Å². The van der Waals surface area contributed by atoms with Gasteiger partial charge in [-0.15, -0.1) is 0 Å². The van der Waals surface area contributed by atoms with Crippen LogP contribution in [0.4, 0.5) is 5.69 Å². The van der Waals surface area contributed by atoms with Crippen LogP contribution >= 0.6 is 0 Å². The summed E-state index contributed by atoms with van der Waals surface area (Å²) in [5, 5.41) is 24.4. The molecule has 0 unspecified atom stereocenters. The van der Waals surface area contributed by atoms with Crippen LogP contribution in [0.1, 0.15) is 6.42 Å². The molecule has 1 rings (SSSR count). The summed E-state index contributed by atoms with van der Waals surface area (Å²) in [4.78, 5) is 20.0. The van der Waals surface area contributed by atoms with Gasteiger partial charge in [-0.3, -0.25) is 4.79 Å². The second-order valence-electron chi connectivity index (χ2n) is 3.04. The van der Waals surface area contributed by atoms with Crippen LogP contribution in [0.3, 0.4) is 0 Å². The Morgan fingerprint density at radius 2 is 1.83 bits per heavy atom. The molecular weight excluding hydrogens is 236 g/mol. The van der Waals surface area contributed by atoms with Crippen molar-refractivity contribution in [2.45, 2.75) is 6.42 Å². The van der Waals surface area contributed by atoms with Crippen LogP contribution in [0.2, 0.25) is 0 Å². The van der Waals surface area contributed by atoms with Gasteiger partial charge in [-0.2, -0.15) is 5.26 Å². The van der Waals surface area contributed by atoms with Crippen LogP contribution in [0.15, 0.2) is 42.0 Å². The molecule has 4 N–H and O–H groups in total. The number of hydrogen-bond acceptors (Lipinski definition) is 4. The second kappa shape index (κ2) is 8.35. The molecule has 94 valence electrons. The predicted octanol–water partition coefficient (Wildman–Crippen LogP) is 1.26. The normalized spacial score (nSPS) is 9.61. The first-order valence-electron chi connectivity index (χ1n) is 4.83. The number of anilines is 1. The molecule has 0 heterocycles. The zero-order valence-electron chi connectivity index (χ0n) is 9.41. The molecule has 0 saturated carbocycles. The number of carboxylic acid groups (broad SMARTS) is 2. The summed E-state index contributed by atoms with van der Waals surface area (Å²) in [6.07, 6.45) is 0.403. The number of hydrogen-bond donors (Lipinski definition) is 3. The smallest absolute Gasteiger partial charge is 0.346 e. The highest BCUT2D eigenvalue weighted by atomic mass is 16.4. The minimum absolute atomic E-state index is 0.449. The third-order valence-electron chi connectivity index (χ3n) is 1.63. The van der Waals surface area contributed by atoms with E-state index >= 15 is 0 Å². The molecule has 1 aromatic carbocycles. The molecule has 1 aromatic rings. The molecule has 0 radical (unpaired) electrons. The molecule has 0 fully saturated rings. The van der Waals surface area contributed by atoms with Gasteiger partial charge in [-0.25, -0.2) is 4.79 Å². The number of para-hydroxylation sites is 1. The van der Waals surface area contributed by atoms with E-state index in [2.05, 4.69) is 0 Å². The Bertz CT molecular complexity index is 475. The van der Waals surface area contributed by atoms with Gasteiger partial charge in [0, 0.05) is 5.69 Å². The van der Waals surface area contributed by atoms with Crippen LogP contribution in [-0.4, -0.2) is 22.2 Å². The summed E-state index contributed by atoms with van der Waals surface area (Å²) in [7, 11) is 0. The molecule has 0 aliphatic carbocycles. The fourth-order valence-electron chi connectivity index (χ4n) is 0.823. The molecule has 0 aliphatic rings. The monoisotopic (exact) mass is 248 g/mol. The third kappa shape index (κ3) is 7.48. The van der Waals surface area contributed by atoms with Gasteiger partial charge in [-0.05, 0) is 18.2 Å². The van der Waals surface area contributed by atoms with E-state index in [9.17, 15) is 9.59 Å². The van der Waals surface area contributed by atoms with Crippen molar-refractivity contribution in [1.29, 1.82) is 5.26 Å². The van der Waals surface area contributed by atoms with Gasteiger partial charge in [0.2, 0.25) is 0 Å². The largest absolute Gasteiger partial charge is 0.481 e. The first-order valence-corrected chi connectivity index (χ1v) is 4.83. The van der Waals surface area contributed by atoms with Crippen LogP contribution in [-0.2, 0) is 9.59 Å². The lowest BCUT2D eigenvalue weighted by Gasteiger charge is -1.86. The summed E-state index contributed by atoms with van der Waals surface area (Å²) in [6, 6.07) is 10.8. The average molecular weight is 248 g/mol. The number of carbonyl (C=O) groups is 2. The highest BCUT2D eigenvalue weighted by molar-refractivity contribution is 5.91. The Morgan fingerprint density at radius 1 is 1.28 bits per heavy atom. The Kier molecular flexibility index (Phi) is 7.05. The molecule has 0 spiro atoms. The summed E-state index contributed by atoms with van der Waals surface area (Å²) in [5.74, 6) is -2.58. The zero-order chi connectivity index (χ0) is 14.0. The SMILES string of the molecule is N#CC(=CCC(=O)O)C(=O)O.Nc1ccccc1. The summed E-state index contributed by atoms with van der Waals surface area (Å²) in [5.41, 5.74) is 5.63. The molecule has 0 saturated heterocycles. The van der Waals surface area contributed by atoms with Crippen molar-refractivity contribution in [3.05, 3.63) is 42.0 Å². The zero-order valence-corrected chi connectivity index (χ0v) is 9.41. The van der Waals surface area contributed by atoms with Crippen molar-refractivity contribution in [3.8, 4) is 6.07 Å². The molecule has 0 atom stereocenters. The highest BCUT2D eigenvalue weighted by Gasteiger charge is 2.05. The van der Waals surface area contributed by atoms with Gasteiger partial charge in [0.15, 0.2) is 0 Å². The quantitative estimate of drug-likeness (QED) is 0.420. The Hall–Kier alpha value is -2.81. The maximum atomic E-state index is 10.1. The Morgan fingerprint density at radius 3 is 2.11 bits per heavy atom. The second-order valence-corrected chi connectivity index (χ2v) is 3.04. The van der Waals surface area contributed by atoms with Crippen LogP contribution in [0.25, 0.3) is 0 Å². The van der Waals surface area contributed by atoms with Gasteiger partial charge in [0.05, 0.1) is 6.42 Å². The van der Waals surface area contributed by atoms with E-state index in [1.165, 1.54) is 6.07 Å². The van der Waals surface area contributed by atoms with Crippen molar-refractivity contribution in [3.63, 3.8) is 0 Å². The maximum Gasteiger partial charge on any atom is 0.346 e. The summed E-state index contributed by atoms with van der Waals surface area (Å²) >= 11 is 0. The average Bonchev–Trinajstić information content (AvgIpc) is 2.30. The minimum Gasteiger partial charge on any atom is -0.481 e. The van der Waals surface area contributed by atoms with E-state index < -0.39 is 23.9 Å². The number of rotatable bonds is 3. The van der Waals surface area contributed by atoms with Crippen LogP contribution in [0, 0.1) is 11.3 Å². The minimum atomic E-state index is -1.41. The standard InChI is InChI=1S/C6H5NO4.C6H7N/c7-3-4(6(10)11)1-2-5(8)9;7-6-4-2-1-3-5-6/h1H,2H2,(H,8,9)(H,10,11);1-5H,7H2. The molecule has 0 bridgehead atoms. The number of benzene rings is 1. The van der Waals surface area contributed by atoms with Crippen LogP contribution in [0.5, 0.6) is 0 Å². The number of aliphatic carboxylic acids is 2. The van der Waals surface area contributed by atoms with Crippen molar-refractivity contribution < 1.29 is 19.8 Å². The topological polar surface area (TPSA) is 124 Å². The van der Waals surface area contributed by atoms with E-state index in [1.54, 1.807) is 0 Å². The van der Waals surface area contributed by atoms with Gasteiger partial charge >= 0.3 is 11.9 Å². The molecule has 0 amide bonds. The number of nitriles is 1. The van der Waals surface area contributed by atoms with E-state index in [0.717, 1.165) is 11.8 Å². The number of nitrogens with two attached hydrogens (primary N) is 1. The van der Waals surface area contributed by atoms with E-state index in [4.69, 9.17) is 21.2 Å². The number of nitrogens with zero attached hydrogens (tertiary/aromatic N) is 1. The van der Waals surface area contributed by atoms with E-state index in [1.807, 2.05) is 30.3 Å². The lowest BCUT2D eigenvalue weighted by Crippen LogP contribution is -1.99. The van der Waals surface area contributed by atoms with E-state index in [0.29, 0.717) is 0 Å². The lowest BCUT2D eigenvalue weighted by atomic mass is 10.2.